The fourth-order valence-corrected chi connectivity index (χ4v) is 1.77. The third-order valence-electron chi connectivity index (χ3n) is 2.45. The van der Waals surface area contributed by atoms with E-state index in [1.807, 2.05) is 12.1 Å². The van der Waals surface area contributed by atoms with Crippen molar-refractivity contribution >= 4 is 17.5 Å². The Labute approximate surface area is 87.7 Å². The van der Waals surface area contributed by atoms with Crippen molar-refractivity contribution in [3.05, 3.63) is 29.8 Å². The van der Waals surface area contributed by atoms with Crippen molar-refractivity contribution in [1.82, 2.24) is 0 Å². The van der Waals surface area contributed by atoms with Gasteiger partial charge in [-0.2, -0.15) is 0 Å². The highest BCUT2D eigenvalue weighted by Crippen LogP contribution is 2.27. The van der Waals surface area contributed by atoms with Crippen molar-refractivity contribution in [2.45, 2.75) is 12.8 Å². The molecular formula is C11H11N2O2. The molecule has 0 fully saturated rings. The molecule has 77 valence electrons. The second kappa shape index (κ2) is 3.73. The molecule has 1 aromatic rings. The summed E-state index contributed by atoms with van der Waals surface area (Å²) in [5.74, 6) is -0.825. The third kappa shape index (κ3) is 1.83. The SMILES string of the molecule is NC(=O)CC(=O)N1CCc2cc[c]cc21. The second-order valence-electron chi connectivity index (χ2n) is 3.49. The molecule has 0 spiro atoms. The summed E-state index contributed by atoms with van der Waals surface area (Å²) in [5.41, 5.74) is 6.95. The molecule has 1 aromatic carbocycles. The van der Waals surface area contributed by atoms with E-state index in [4.69, 9.17) is 5.73 Å². The van der Waals surface area contributed by atoms with Crippen LogP contribution in [0, 0.1) is 6.07 Å². The lowest BCUT2D eigenvalue weighted by molar-refractivity contribution is -0.126. The number of hydrogen-bond donors (Lipinski definition) is 1. The molecule has 1 aliphatic rings. The molecule has 0 saturated carbocycles. The fraction of sp³-hybridized carbons (Fsp3) is 0.273. The summed E-state index contributed by atoms with van der Waals surface area (Å²) >= 11 is 0. The molecule has 1 radical (unpaired) electrons. The largest absolute Gasteiger partial charge is 0.369 e. The minimum atomic E-state index is -0.589. The molecule has 2 amide bonds. The van der Waals surface area contributed by atoms with Crippen LogP contribution in [0.1, 0.15) is 12.0 Å². The van der Waals surface area contributed by atoms with Gasteiger partial charge >= 0.3 is 0 Å². The molecule has 0 aromatic heterocycles. The van der Waals surface area contributed by atoms with Crippen LogP contribution in [0.5, 0.6) is 0 Å². The predicted octanol–water partition coefficient (Wildman–Crippen LogP) is 0.251. The topological polar surface area (TPSA) is 63.4 Å². The van der Waals surface area contributed by atoms with E-state index in [9.17, 15) is 9.59 Å². The lowest BCUT2D eigenvalue weighted by Gasteiger charge is -2.15. The van der Waals surface area contributed by atoms with Gasteiger partial charge < -0.3 is 10.6 Å². The average molecular weight is 203 g/mol. The maximum absolute atomic E-state index is 11.6. The van der Waals surface area contributed by atoms with Crippen LogP contribution in [0.15, 0.2) is 18.2 Å². The highest BCUT2D eigenvalue weighted by molar-refractivity contribution is 6.05. The third-order valence-corrected chi connectivity index (χ3v) is 2.45. The van der Waals surface area contributed by atoms with E-state index in [0.717, 1.165) is 17.7 Å². The fourth-order valence-electron chi connectivity index (χ4n) is 1.77. The number of fused-ring (bicyclic) bond motifs is 1. The first kappa shape index (κ1) is 9.71. The van der Waals surface area contributed by atoms with Crippen LogP contribution in [0.25, 0.3) is 0 Å². The summed E-state index contributed by atoms with van der Waals surface area (Å²) < 4.78 is 0. The summed E-state index contributed by atoms with van der Waals surface area (Å²) in [4.78, 5) is 23.9. The first-order chi connectivity index (χ1) is 7.18. The van der Waals surface area contributed by atoms with E-state index < -0.39 is 5.91 Å². The predicted molar refractivity (Wildman–Crippen MR) is 55.1 cm³/mol. The van der Waals surface area contributed by atoms with Crippen LogP contribution in [0.2, 0.25) is 0 Å². The van der Waals surface area contributed by atoms with Gasteiger partial charge in [-0.25, -0.2) is 0 Å². The monoisotopic (exact) mass is 203 g/mol. The summed E-state index contributed by atoms with van der Waals surface area (Å²) in [7, 11) is 0. The van der Waals surface area contributed by atoms with Gasteiger partial charge in [0.1, 0.15) is 6.42 Å². The van der Waals surface area contributed by atoms with Gasteiger partial charge in [-0.3, -0.25) is 9.59 Å². The maximum Gasteiger partial charge on any atom is 0.236 e. The molecule has 0 atom stereocenters. The van der Waals surface area contributed by atoms with Gasteiger partial charge in [-0.05, 0) is 24.1 Å². The molecule has 1 heterocycles. The summed E-state index contributed by atoms with van der Waals surface area (Å²) in [5, 5.41) is 0. The molecule has 0 aliphatic carbocycles. The highest BCUT2D eigenvalue weighted by Gasteiger charge is 2.24. The van der Waals surface area contributed by atoms with Crippen LogP contribution in [-0.2, 0) is 16.0 Å². The zero-order valence-corrected chi connectivity index (χ0v) is 8.19. The van der Waals surface area contributed by atoms with Gasteiger partial charge in [0.15, 0.2) is 0 Å². The van der Waals surface area contributed by atoms with Crippen molar-refractivity contribution in [2.24, 2.45) is 5.73 Å². The molecular weight excluding hydrogens is 192 g/mol. The number of benzene rings is 1. The van der Waals surface area contributed by atoms with Crippen molar-refractivity contribution in [3.8, 4) is 0 Å². The number of primary amides is 1. The number of hydrogen-bond acceptors (Lipinski definition) is 2. The quantitative estimate of drug-likeness (QED) is 0.700. The Kier molecular flexibility index (Phi) is 2.41. The van der Waals surface area contributed by atoms with Gasteiger partial charge in [-0.15, -0.1) is 0 Å². The minimum absolute atomic E-state index is 0.228. The Morgan fingerprint density at radius 3 is 3.07 bits per heavy atom. The van der Waals surface area contributed by atoms with Crippen LogP contribution in [-0.4, -0.2) is 18.4 Å². The van der Waals surface area contributed by atoms with Crippen LogP contribution < -0.4 is 10.6 Å². The Hall–Kier alpha value is -1.84. The summed E-state index contributed by atoms with van der Waals surface area (Å²) in [6, 6.07) is 8.44. The van der Waals surface area contributed by atoms with Crippen molar-refractivity contribution in [2.75, 3.05) is 11.4 Å². The first-order valence-corrected chi connectivity index (χ1v) is 4.76. The molecule has 0 bridgehead atoms. The molecule has 0 unspecified atom stereocenters. The van der Waals surface area contributed by atoms with Gasteiger partial charge in [-0.1, -0.05) is 12.1 Å². The lowest BCUT2D eigenvalue weighted by atomic mass is 10.2. The summed E-state index contributed by atoms with van der Waals surface area (Å²) in [6.07, 6.45) is 0.600. The zero-order valence-electron chi connectivity index (χ0n) is 8.19. The number of anilines is 1. The lowest BCUT2D eigenvalue weighted by Crippen LogP contribution is -2.32. The van der Waals surface area contributed by atoms with Gasteiger partial charge in [0.05, 0.1) is 0 Å². The van der Waals surface area contributed by atoms with Crippen LogP contribution in [0.4, 0.5) is 5.69 Å². The van der Waals surface area contributed by atoms with Crippen molar-refractivity contribution in [3.63, 3.8) is 0 Å². The molecule has 15 heavy (non-hydrogen) atoms. The Morgan fingerprint density at radius 1 is 1.53 bits per heavy atom. The van der Waals surface area contributed by atoms with Gasteiger partial charge in [0.2, 0.25) is 11.8 Å². The molecule has 0 saturated heterocycles. The summed E-state index contributed by atoms with van der Waals surface area (Å²) in [6.45, 7) is 0.624. The smallest absolute Gasteiger partial charge is 0.236 e. The molecule has 2 rings (SSSR count). The van der Waals surface area contributed by atoms with Gasteiger partial charge in [0, 0.05) is 12.2 Å². The van der Waals surface area contributed by atoms with Crippen LogP contribution in [0.3, 0.4) is 0 Å². The standard InChI is InChI=1S/C11H11N2O2/c12-10(14)7-11(15)13-6-5-8-3-1-2-4-9(8)13/h1,3-4H,5-7H2,(H2,12,14). The molecule has 1 aliphatic heterocycles. The van der Waals surface area contributed by atoms with Crippen molar-refractivity contribution < 1.29 is 9.59 Å². The number of nitrogens with zero attached hydrogens (tertiary/aromatic N) is 1. The number of rotatable bonds is 2. The number of carbonyl (C=O) groups is 2. The van der Waals surface area contributed by atoms with E-state index in [-0.39, 0.29) is 12.3 Å². The Morgan fingerprint density at radius 2 is 2.33 bits per heavy atom. The van der Waals surface area contributed by atoms with Gasteiger partial charge in [0.25, 0.3) is 0 Å². The number of nitrogens with two attached hydrogens (primary N) is 1. The maximum atomic E-state index is 11.6. The Bertz CT molecular complexity index is 415. The van der Waals surface area contributed by atoms with Crippen molar-refractivity contribution in [1.29, 1.82) is 0 Å². The second-order valence-corrected chi connectivity index (χ2v) is 3.49. The van der Waals surface area contributed by atoms with E-state index in [1.54, 1.807) is 11.0 Å². The Balaban J connectivity index is 2.20. The highest BCUT2D eigenvalue weighted by atomic mass is 16.2. The molecule has 2 N–H and O–H groups in total. The van der Waals surface area contributed by atoms with Crippen LogP contribution >= 0.6 is 0 Å². The minimum Gasteiger partial charge on any atom is -0.369 e. The normalized spacial score (nSPS) is 13.7. The number of carbonyl (C=O) groups excluding carboxylic acids is 2. The van der Waals surface area contributed by atoms with E-state index in [2.05, 4.69) is 6.07 Å². The van der Waals surface area contributed by atoms with E-state index >= 15 is 0 Å². The van der Waals surface area contributed by atoms with E-state index in [0.29, 0.717) is 6.54 Å². The average Bonchev–Trinajstić information content (AvgIpc) is 2.59. The zero-order chi connectivity index (χ0) is 10.8. The number of amides is 2. The molecule has 4 heteroatoms. The molecule has 4 nitrogen and oxygen atoms in total. The first-order valence-electron chi connectivity index (χ1n) is 4.76. The van der Waals surface area contributed by atoms with E-state index in [1.165, 1.54) is 0 Å².